The average molecular weight is 442 g/mol. The van der Waals surface area contributed by atoms with E-state index in [1.165, 1.54) is 44.5 Å². The summed E-state index contributed by atoms with van der Waals surface area (Å²) in [6, 6.07) is 7.57. The summed E-state index contributed by atoms with van der Waals surface area (Å²) < 4.78 is 63.5. The molecule has 2 aromatic rings. The van der Waals surface area contributed by atoms with Crippen molar-refractivity contribution in [3.63, 3.8) is 0 Å². The number of rotatable bonds is 9. The molecule has 6 nitrogen and oxygen atoms in total. The molecule has 2 aromatic carbocycles. The quantitative estimate of drug-likeness (QED) is 0.354. The maximum absolute atomic E-state index is 14.2. The van der Waals surface area contributed by atoms with Crippen molar-refractivity contribution in [2.75, 3.05) is 34.8 Å². The van der Waals surface area contributed by atoms with E-state index < -0.39 is 24.3 Å². The lowest BCUT2D eigenvalue weighted by Crippen LogP contribution is -2.42. The first kappa shape index (κ1) is 24.3. The van der Waals surface area contributed by atoms with Gasteiger partial charge in [0.2, 0.25) is 0 Å². The molecule has 0 saturated heterocycles. The van der Waals surface area contributed by atoms with E-state index in [0.717, 1.165) is 0 Å². The summed E-state index contributed by atoms with van der Waals surface area (Å²) >= 11 is 0. The number of likely N-dealkylation sites (N-methyl/N-ethyl adjacent to an activating group) is 1. The molecule has 0 spiro atoms. The van der Waals surface area contributed by atoms with Crippen LogP contribution in [0.1, 0.15) is 17.2 Å². The lowest BCUT2D eigenvalue weighted by molar-refractivity contribution is -0.0505. The molecule has 0 radical (unpaired) electrons. The highest BCUT2D eigenvalue weighted by Gasteiger charge is 2.22. The molecule has 0 fully saturated rings. The smallest absolute Gasteiger partial charge is 0.387 e. The molecule has 170 valence electrons. The van der Waals surface area contributed by atoms with Crippen molar-refractivity contribution >= 4 is 5.96 Å². The van der Waals surface area contributed by atoms with Gasteiger partial charge in [-0.15, -0.1) is 0 Å². The van der Waals surface area contributed by atoms with Gasteiger partial charge < -0.3 is 25.0 Å². The molecule has 10 heteroatoms. The fourth-order valence-electron chi connectivity index (χ4n) is 3.00. The van der Waals surface area contributed by atoms with Gasteiger partial charge in [-0.2, -0.15) is 8.78 Å². The molecule has 0 saturated carbocycles. The van der Waals surface area contributed by atoms with Crippen LogP contribution in [0.2, 0.25) is 0 Å². The Morgan fingerprint density at radius 2 is 1.77 bits per heavy atom. The van der Waals surface area contributed by atoms with Gasteiger partial charge in [0.25, 0.3) is 0 Å². The van der Waals surface area contributed by atoms with Gasteiger partial charge in [-0.1, -0.05) is 6.07 Å². The molecular weight excluding hydrogens is 416 g/mol. The first-order valence-corrected chi connectivity index (χ1v) is 9.43. The topological polar surface area (TPSA) is 58.1 Å². The van der Waals surface area contributed by atoms with Crippen LogP contribution in [0.25, 0.3) is 0 Å². The highest BCUT2D eigenvalue weighted by molar-refractivity contribution is 5.79. The SMILES string of the molecule is CN=C(NCc1cc(OC)ccc1OC(F)F)NCC(c1c(F)cccc1F)N(C)C. The fourth-order valence-corrected chi connectivity index (χ4v) is 3.00. The number of benzene rings is 2. The van der Waals surface area contributed by atoms with Crippen LogP contribution in [0.3, 0.4) is 0 Å². The van der Waals surface area contributed by atoms with E-state index in [1.807, 2.05) is 0 Å². The molecule has 2 N–H and O–H groups in total. The lowest BCUT2D eigenvalue weighted by atomic mass is 10.0. The lowest BCUT2D eigenvalue weighted by Gasteiger charge is -2.26. The average Bonchev–Trinajstić information content (AvgIpc) is 2.72. The van der Waals surface area contributed by atoms with E-state index in [-0.39, 0.29) is 24.4 Å². The number of ether oxygens (including phenoxy) is 2. The summed E-state index contributed by atoms with van der Waals surface area (Å²) in [6.07, 6.45) is 0. The van der Waals surface area contributed by atoms with E-state index >= 15 is 0 Å². The van der Waals surface area contributed by atoms with E-state index in [2.05, 4.69) is 20.4 Å². The Bertz CT molecular complexity index is 873. The molecule has 31 heavy (non-hydrogen) atoms. The van der Waals surface area contributed by atoms with Crippen LogP contribution in [0.5, 0.6) is 11.5 Å². The summed E-state index contributed by atoms with van der Waals surface area (Å²) in [6.45, 7) is -2.73. The Morgan fingerprint density at radius 3 is 2.32 bits per heavy atom. The molecular formula is C21H26F4N4O2. The molecule has 0 aliphatic carbocycles. The molecule has 0 bridgehead atoms. The summed E-state index contributed by atoms with van der Waals surface area (Å²) in [5, 5.41) is 5.98. The third-order valence-electron chi connectivity index (χ3n) is 4.57. The number of methoxy groups -OCH3 is 1. The Kier molecular flexibility index (Phi) is 8.92. The maximum atomic E-state index is 14.2. The summed E-state index contributed by atoms with van der Waals surface area (Å²) in [4.78, 5) is 5.75. The third kappa shape index (κ3) is 6.74. The Hall–Kier alpha value is -3.01. The van der Waals surface area contributed by atoms with Gasteiger partial charge in [-0.3, -0.25) is 4.99 Å². The monoisotopic (exact) mass is 442 g/mol. The van der Waals surface area contributed by atoms with Crippen LogP contribution in [0.4, 0.5) is 17.6 Å². The van der Waals surface area contributed by atoms with Gasteiger partial charge in [0.1, 0.15) is 23.1 Å². The van der Waals surface area contributed by atoms with Crippen LogP contribution in [-0.4, -0.2) is 52.3 Å². The number of alkyl halides is 2. The molecule has 0 amide bonds. The van der Waals surface area contributed by atoms with Crippen molar-refractivity contribution < 1.29 is 27.0 Å². The van der Waals surface area contributed by atoms with Crippen LogP contribution in [0.15, 0.2) is 41.4 Å². The number of halogens is 4. The highest BCUT2D eigenvalue weighted by atomic mass is 19.3. The predicted octanol–water partition coefficient (Wildman–Crippen LogP) is 3.54. The first-order valence-electron chi connectivity index (χ1n) is 9.43. The predicted molar refractivity (Wildman–Crippen MR) is 111 cm³/mol. The molecule has 1 unspecified atom stereocenters. The molecule has 2 rings (SSSR count). The van der Waals surface area contributed by atoms with Crippen LogP contribution < -0.4 is 20.1 Å². The number of hydrogen-bond donors (Lipinski definition) is 2. The fraction of sp³-hybridized carbons (Fsp3) is 0.381. The number of guanidine groups is 1. The van der Waals surface area contributed by atoms with Gasteiger partial charge in [-0.25, -0.2) is 8.78 Å². The van der Waals surface area contributed by atoms with Crippen molar-refractivity contribution in [1.29, 1.82) is 0 Å². The van der Waals surface area contributed by atoms with E-state index in [4.69, 9.17) is 4.74 Å². The van der Waals surface area contributed by atoms with E-state index in [9.17, 15) is 17.6 Å². The molecule has 0 aliphatic rings. The van der Waals surface area contributed by atoms with Gasteiger partial charge in [0.15, 0.2) is 5.96 Å². The number of nitrogens with zero attached hydrogens (tertiary/aromatic N) is 2. The molecule has 0 aliphatic heterocycles. The van der Waals surface area contributed by atoms with Crippen molar-refractivity contribution in [1.82, 2.24) is 15.5 Å². The number of aliphatic imine (C=N–C) groups is 1. The number of nitrogens with one attached hydrogen (secondary N) is 2. The van der Waals surface area contributed by atoms with Gasteiger partial charge in [-0.05, 0) is 44.4 Å². The van der Waals surface area contributed by atoms with Crippen LogP contribution >= 0.6 is 0 Å². The van der Waals surface area contributed by atoms with Crippen LogP contribution in [-0.2, 0) is 6.54 Å². The minimum atomic E-state index is -2.97. The van der Waals surface area contributed by atoms with Crippen LogP contribution in [0, 0.1) is 11.6 Å². The minimum absolute atomic E-state index is 0.00153. The Balaban J connectivity index is 2.10. The zero-order valence-electron chi connectivity index (χ0n) is 17.8. The van der Waals surface area contributed by atoms with Crippen molar-refractivity contribution in [2.45, 2.75) is 19.2 Å². The normalized spacial score (nSPS) is 12.8. The molecule has 1 atom stereocenters. The third-order valence-corrected chi connectivity index (χ3v) is 4.57. The minimum Gasteiger partial charge on any atom is -0.497 e. The second kappa shape index (κ2) is 11.4. The summed E-state index contributed by atoms with van der Waals surface area (Å²) in [5.41, 5.74) is 0.364. The standard InChI is InChI=1S/C21H26F4N4O2/c1-26-21(27-11-13-10-14(30-4)8-9-18(13)31-20(24)25)28-12-17(29(2)3)19-15(22)6-5-7-16(19)23/h5-10,17,20H,11-12H2,1-4H3,(H2,26,27,28). The first-order chi connectivity index (χ1) is 14.8. The highest BCUT2D eigenvalue weighted by Crippen LogP contribution is 2.26. The van der Waals surface area contributed by atoms with E-state index in [0.29, 0.717) is 17.3 Å². The summed E-state index contributed by atoms with van der Waals surface area (Å²) in [5.74, 6) is -0.501. The summed E-state index contributed by atoms with van der Waals surface area (Å²) in [7, 11) is 6.40. The van der Waals surface area contributed by atoms with Gasteiger partial charge >= 0.3 is 6.61 Å². The largest absolute Gasteiger partial charge is 0.497 e. The molecule has 0 aromatic heterocycles. The van der Waals surface area contributed by atoms with E-state index in [1.54, 1.807) is 25.1 Å². The Labute approximate surface area is 178 Å². The number of hydrogen-bond acceptors (Lipinski definition) is 4. The zero-order valence-corrected chi connectivity index (χ0v) is 17.8. The maximum Gasteiger partial charge on any atom is 0.387 e. The molecule has 0 heterocycles. The van der Waals surface area contributed by atoms with Crippen molar-refractivity contribution in [2.24, 2.45) is 4.99 Å². The second-order valence-electron chi connectivity index (χ2n) is 6.77. The zero-order chi connectivity index (χ0) is 23.0. The van der Waals surface area contributed by atoms with Gasteiger partial charge in [0.05, 0.1) is 13.2 Å². The Morgan fingerprint density at radius 1 is 1.10 bits per heavy atom. The van der Waals surface area contributed by atoms with Gasteiger partial charge in [0, 0.05) is 31.3 Å². The van der Waals surface area contributed by atoms with Crippen molar-refractivity contribution in [3.8, 4) is 11.5 Å². The second-order valence-corrected chi connectivity index (χ2v) is 6.77. The van der Waals surface area contributed by atoms with Crippen molar-refractivity contribution in [3.05, 3.63) is 59.2 Å².